The SMILES string of the molecule is [C-]#[N+]c1ccc(C(=O)Nc2ccc(C(=O)NC(CC(C)=O)C(=O)Nc3ccc(-c4nnn(-c5ccc(C(=O)Cc6ccc(C(=O)OCC=C)cc6)c(OCC=C)c5OC(C)C)n4)cc3)cc2)cc1. The molecule has 0 saturated heterocycles. The van der Waals surface area contributed by atoms with Crippen LogP contribution >= 0.6 is 0 Å². The molecule has 1 atom stereocenters. The van der Waals surface area contributed by atoms with Crippen molar-refractivity contribution in [3.63, 3.8) is 0 Å². The molecule has 1 aromatic heterocycles. The van der Waals surface area contributed by atoms with Crippen LogP contribution in [0.5, 0.6) is 11.5 Å². The summed E-state index contributed by atoms with van der Waals surface area (Å²) in [6, 6.07) is 27.2. The number of amides is 3. The maximum atomic E-state index is 13.8. The number of Topliss-reactive ketones (excluding diaryl/α,β-unsaturated/α-hetero) is 2. The van der Waals surface area contributed by atoms with Gasteiger partial charge in [-0.05, 0) is 104 Å². The summed E-state index contributed by atoms with van der Waals surface area (Å²) < 4.78 is 17.4. The number of benzene rings is 5. The van der Waals surface area contributed by atoms with E-state index in [2.05, 4.69) is 49.4 Å². The van der Waals surface area contributed by atoms with Crippen LogP contribution in [-0.4, -0.2) is 80.8 Å². The van der Waals surface area contributed by atoms with E-state index in [1.807, 2.05) is 13.8 Å². The van der Waals surface area contributed by atoms with Crippen molar-refractivity contribution in [2.24, 2.45) is 0 Å². The highest BCUT2D eigenvalue weighted by atomic mass is 16.5. The number of rotatable bonds is 21. The van der Waals surface area contributed by atoms with Crippen LogP contribution in [0.15, 0.2) is 135 Å². The van der Waals surface area contributed by atoms with Gasteiger partial charge in [0.25, 0.3) is 11.8 Å². The maximum absolute atomic E-state index is 13.8. The topological polar surface area (TPSA) is 214 Å². The van der Waals surface area contributed by atoms with Crippen LogP contribution in [0, 0.1) is 6.57 Å². The van der Waals surface area contributed by atoms with Crippen LogP contribution in [0.1, 0.15) is 74.2 Å². The molecule has 6 aromatic rings. The highest BCUT2D eigenvalue weighted by Gasteiger charge is 2.26. The van der Waals surface area contributed by atoms with E-state index in [9.17, 15) is 28.8 Å². The Hall–Kier alpha value is -9.04. The molecular weight excluding hydrogens is 869 g/mol. The minimum absolute atomic E-state index is 0.0106. The zero-order valence-electron chi connectivity index (χ0n) is 37.4. The minimum Gasteiger partial charge on any atom is -0.485 e. The fourth-order valence-corrected chi connectivity index (χ4v) is 6.52. The number of ketones is 2. The number of carbonyl (C=O) groups is 6. The predicted octanol–water partition coefficient (Wildman–Crippen LogP) is 7.97. The van der Waals surface area contributed by atoms with Crippen molar-refractivity contribution >= 4 is 52.3 Å². The minimum atomic E-state index is -1.21. The molecular formula is C51H46N8O9. The second-order valence-electron chi connectivity index (χ2n) is 15.3. The van der Waals surface area contributed by atoms with E-state index >= 15 is 0 Å². The van der Waals surface area contributed by atoms with E-state index in [0.29, 0.717) is 45.0 Å². The van der Waals surface area contributed by atoms with Crippen LogP contribution in [0.2, 0.25) is 0 Å². The van der Waals surface area contributed by atoms with Crippen molar-refractivity contribution in [1.82, 2.24) is 25.5 Å². The Morgan fingerprint density at radius 1 is 0.750 bits per heavy atom. The summed E-state index contributed by atoms with van der Waals surface area (Å²) in [5.74, 6) is -2.19. The van der Waals surface area contributed by atoms with Crippen molar-refractivity contribution < 1.29 is 43.0 Å². The van der Waals surface area contributed by atoms with Gasteiger partial charge in [0.15, 0.2) is 23.0 Å². The van der Waals surface area contributed by atoms with E-state index in [1.165, 1.54) is 72.4 Å². The van der Waals surface area contributed by atoms with E-state index in [4.69, 9.17) is 20.8 Å². The highest BCUT2D eigenvalue weighted by Crippen LogP contribution is 2.39. The largest absolute Gasteiger partial charge is 0.485 e. The molecule has 1 unspecified atom stereocenters. The van der Waals surface area contributed by atoms with Crippen LogP contribution in [0.4, 0.5) is 17.1 Å². The van der Waals surface area contributed by atoms with E-state index < -0.39 is 29.7 Å². The van der Waals surface area contributed by atoms with Crippen LogP contribution < -0.4 is 25.4 Å². The zero-order chi connectivity index (χ0) is 48.7. The molecule has 17 heteroatoms. The number of hydrogen-bond acceptors (Lipinski definition) is 12. The van der Waals surface area contributed by atoms with Crippen LogP contribution in [-0.2, 0) is 20.7 Å². The number of aromatic nitrogens is 4. The number of hydrogen-bond donors (Lipinski definition) is 3. The quantitative estimate of drug-likeness (QED) is 0.0271. The summed E-state index contributed by atoms with van der Waals surface area (Å²) in [6.45, 7) is 19.4. The third-order valence-electron chi connectivity index (χ3n) is 9.79. The highest BCUT2D eigenvalue weighted by molar-refractivity contribution is 6.06. The monoisotopic (exact) mass is 914 g/mol. The summed E-state index contributed by atoms with van der Waals surface area (Å²) in [4.78, 5) is 82.1. The van der Waals surface area contributed by atoms with Gasteiger partial charge in [-0.2, -0.15) is 0 Å². The fourth-order valence-electron chi connectivity index (χ4n) is 6.52. The first-order chi connectivity index (χ1) is 32.8. The third kappa shape index (κ3) is 12.6. The molecule has 0 saturated carbocycles. The van der Waals surface area contributed by atoms with Gasteiger partial charge in [-0.3, -0.25) is 24.0 Å². The van der Waals surface area contributed by atoms with Crippen LogP contribution in [0.3, 0.4) is 0 Å². The molecule has 17 nitrogen and oxygen atoms in total. The Morgan fingerprint density at radius 2 is 1.37 bits per heavy atom. The Morgan fingerprint density at radius 3 is 2.00 bits per heavy atom. The van der Waals surface area contributed by atoms with Gasteiger partial charge in [-0.1, -0.05) is 61.7 Å². The first-order valence-electron chi connectivity index (χ1n) is 21.1. The summed E-state index contributed by atoms with van der Waals surface area (Å²) in [5, 5.41) is 21.2. The predicted molar refractivity (Wildman–Crippen MR) is 253 cm³/mol. The molecule has 0 aliphatic heterocycles. The van der Waals surface area contributed by atoms with E-state index in [-0.39, 0.29) is 72.2 Å². The molecule has 344 valence electrons. The number of tetrazole rings is 1. The Bertz CT molecular complexity index is 2880. The van der Waals surface area contributed by atoms with Crippen molar-refractivity contribution in [3.8, 4) is 28.6 Å². The summed E-state index contributed by atoms with van der Waals surface area (Å²) in [5.41, 5.74) is 3.81. The number of anilines is 2. The molecule has 68 heavy (non-hydrogen) atoms. The second kappa shape index (κ2) is 22.7. The molecule has 1 heterocycles. The lowest BCUT2D eigenvalue weighted by atomic mass is 10.00. The van der Waals surface area contributed by atoms with Gasteiger partial charge in [0.2, 0.25) is 11.7 Å². The normalized spacial score (nSPS) is 11.0. The molecule has 0 radical (unpaired) electrons. The third-order valence-corrected chi connectivity index (χ3v) is 9.79. The molecule has 3 N–H and O–H groups in total. The average molecular weight is 915 g/mol. The average Bonchev–Trinajstić information content (AvgIpc) is 3.83. The number of nitrogens with zero attached hydrogens (tertiary/aromatic N) is 5. The van der Waals surface area contributed by atoms with E-state index in [1.54, 1.807) is 60.7 Å². The van der Waals surface area contributed by atoms with Gasteiger partial charge in [0, 0.05) is 40.9 Å². The molecule has 5 aromatic carbocycles. The molecule has 6 rings (SSSR count). The lowest BCUT2D eigenvalue weighted by molar-refractivity contribution is -0.123. The van der Waals surface area contributed by atoms with Gasteiger partial charge >= 0.3 is 5.97 Å². The first kappa shape index (κ1) is 48.4. The zero-order valence-corrected chi connectivity index (χ0v) is 37.4. The fraction of sp³-hybridized carbons (Fsp3) is 0.176. The first-order valence-corrected chi connectivity index (χ1v) is 21.1. The number of carbonyl (C=O) groups excluding carboxylic acids is 6. The number of nitrogens with one attached hydrogen (secondary N) is 3. The Balaban J connectivity index is 1.14. The second-order valence-corrected chi connectivity index (χ2v) is 15.3. The lowest BCUT2D eigenvalue weighted by Gasteiger charge is -2.20. The Kier molecular flexibility index (Phi) is 16.2. The lowest BCUT2D eigenvalue weighted by Crippen LogP contribution is -2.44. The van der Waals surface area contributed by atoms with Gasteiger partial charge in [0.1, 0.15) is 30.7 Å². The van der Waals surface area contributed by atoms with Crippen molar-refractivity contribution in [2.45, 2.75) is 45.8 Å². The standard InChI is InChI=1S/C51H46N8O9/c1-7-27-66-45-41(44(61)30-33-9-11-37(12-10-33)51(65)67-28-8-2)25-26-43(46(45)68-31(3)4)59-57-47(56-58-59)34-13-21-40(22-14-34)54-50(64)42(29-32(5)60)55-49(63)36-17-23-39(24-18-36)53-48(62)35-15-19-38(52-6)20-16-35/h7-26,31,42H,1-2,27-30H2,3-5H3,(H,53,62)(H,54,64)(H,55,63). The summed E-state index contributed by atoms with van der Waals surface area (Å²) in [7, 11) is 0. The molecule has 0 bridgehead atoms. The number of esters is 1. The van der Waals surface area contributed by atoms with Gasteiger partial charge in [-0.25, -0.2) is 9.64 Å². The molecule has 3 amide bonds. The van der Waals surface area contributed by atoms with Crippen molar-refractivity contribution in [2.75, 3.05) is 23.8 Å². The maximum Gasteiger partial charge on any atom is 0.338 e. The van der Waals surface area contributed by atoms with Crippen molar-refractivity contribution in [1.29, 1.82) is 0 Å². The molecule has 0 aliphatic carbocycles. The summed E-state index contributed by atoms with van der Waals surface area (Å²) in [6.07, 6.45) is 2.37. The van der Waals surface area contributed by atoms with Gasteiger partial charge in [-0.15, -0.1) is 15.0 Å². The molecule has 0 aliphatic rings. The van der Waals surface area contributed by atoms with Crippen molar-refractivity contribution in [3.05, 3.63) is 174 Å². The van der Waals surface area contributed by atoms with E-state index in [0.717, 1.165) is 0 Å². The molecule has 0 spiro atoms. The smallest absolute Gasteiger partial charge is 0.338 e. The van der Waals surface area contributed by atoms with Gasteiger partial charge in [0.05, 0.1) is 23.8 Å². The summed E-state index contributed by atoms with van der Waals surface area (Å²) >= 11 is 0. The molecule has 0 fully saturated rings. The number of ether oxygens (including phenoxy) is 3. The van der Waals surface area contributed by atoms with Gasteiger partial charge < -0.3 is 30.2 Å². The Labute approximate surface area is 391 Å². The van der Waals surface area contributed by atoms with Crippen LogP contribution in [0.25, 0.3) is 21.9 Å².